The van der Waals surface area contributed by atoms with Crippen LogP contribution in [0.4, 0.5) is 5.69 Å². The topological polar surface area (TPSA) is 106 Å². The molecule has 9 heteroatoms. The molecule has 20 heavy (non-hydrogen) atoms. The summed E-state index contributed by atoms with van der Waals surface area (Å²) in [5.41, 5.74) is 5.86. The monoisotopic (exact) mass is 338 g/mol. The molecule has 112 valence electrons. The van der Waals surface area contributed by atoms with E-state index in [4.69, 9.17) is 17.3 Å². The zero-order valence-electron chi connectivity index (χ0n) is 10.5. The van der Waals surface area contributed by atoms with Crippen molar-refractivity contribution < 1.29 is 16.8 Å². The Labute approximate surface area is 123 Å². The molecule has 6 nitrogen and oxygen atoms in total. The molecule has 0 aliphatic carbocycles. The van der Waals surface area contributed by atoms with Gasteiger partial charge in [-0.1, -0.05) is 11.6 Å². The highest BCUT2D eigenvalue weighted by atomic mass is 35.5. The van der Waals surface area contributed by atoms with E-state index in [-0.39, 0.29) is 34.3 Å². The fourth-order valence-electron chi connectivity index (χ4n) is 2.02. The number of anilines is 1. The van der Waals surface area contributed by atoms with Crippen molar-refractivity contribution in [1.29, 1.82) is 0 Å². The molecule has 1 aromatic carbocycles. The summed E-state index contributed by atoms with van der Waals surface area (Å²) >= 11 is 5.87. The van der Waals surface area contributed by atoms with Crippen molar-refractivity contribution >= 4 is 37.1 Å². The molecule has 1 saturated heterocycles. The highest BCUT2D eigenvalue weighted by Gasteiger charge is 2.28. The van der Waals surface area contributed by atoms with Crippen LogP contribution in [0, 0.1) is 0 Å². The van der Waals surface area contributed by atoms with Crippen LogP contribution in [-0.2, 0) is 19.9 Å². The summed E-state index contributed by atoms with van der Waals surface area (Å²) in [5, 5.41) is 0.0788. The van der Waals surface area contributed by atoms with E-state index in [0.29, 0.717) is 5.69 Å². The molecule has 2 rings (SSSR count). The van der Waals surface area contributed by atoms with Crippen LogP contribution in [0.3, 0.4) is 0 Å². The Hall–Kier alpha value is -0.830. The Kier molecular flexibility index (Phi) is 4.29. The van der Waals surface area contributed by atoms with Gasteiger partial charge in [-0.2, -0.15) is 0 Å². The van der Waals surface area contributed by atoms with Gasteiger partial charge < -0.3 is 5.73 Å². The van der Waals surface area contributed by atoms with Crippen molar-refractivity contribution in [1.82, 2.24) is 4.72 Å². The van der Waals surface area contributed by atoms with Crippen molar-refractivity contribution in [2.45, 2.75) is 23.8 Å². The van der Waals surface area contributed by atoms with Crippen molar-refractivity contribution in [3.05, 3.63) is 23.2 Å². The number of sulfone groups is 1. The number of benzene rings is 1. The van der Waals surface area contributed by atoms with Crippen molar-refractivity contribution in [3.63, 3.8) is 0 Å². The first-order valence-electron chi connectivity index (χ1n) is 5.97. The summed E-state index contributed by atoms with van der Waals surface area (Å²) in [7, 11) is -6.84. The van der Waals surface area contributed by atoms with E-state index >= 15 is 0 Å². The number of hydrogen-bond donors (Lipinski definition) is 2. The Bertz CT molecular complexity index is 702. The van der Waals surface area contributed by atoms with Crippen molar-refractivity contribution in [3.8, 4) is 0 Å². The first-order valence-corrected chi connectivity index (χ1v) is 9.66. The normalized spacial score (nSPS) is 19.9. The first kappa shape index (κ1) is 15.6. The third-order valence-corrected chi connectivity index (χ3v) is 6.84. The van der Waals surface area contributed by atoms with Gasteiger partial charge in [0.25, 0.3) is 0 Å². The molecule has 0 atom stereocenters. The summed E-state index contributed by atoms with van der Waals surface area (Å²) in [5.74, 6) is -0.0182. The standard InChI is InChI=1S/C11H15ClN2O4S2/c12-10-2-1-8(13)7-11(10)20(17,18)14-9-3-5-19(15,16)6-4-9/h1-2,7,9,14H,3-6,13H2. The second-order valence-electron chi connectivity index (χ2n) is 4.74. The highest BCUT2D eigenvalue weighted by Crippen LogP contribution is 2.24. The van der Waals surface area contributed by atoms with E-state index < -0.39 is 25.9 Å². The molecule has 0 unspecified atom stereocenters. The Morgan fingerprint density at radius 2 is 1.85 bits per heavy atom. The van der Waals surface area contributed by atoms with Crippen LogP contribution in [-0.4, -0.2) is 34.4 Å². The average Bonchev–Trinajstić information content (AvgIpc) is 2.35. The molecule has 1 aliphatic heterocycles. The number of nitrogen functional groups attached to an aromatic ring is 1. The van der Waals surface area contributed by atoms with Gasteiger partial charge in [-0.15, -0.1) is 0 Å². The van der Waals surface area contributed by atoms with Crippen LogP contribution in [0.5, 0.6) is 0 Å². The van der Waals surface area contributed by atoms with Crippen LogP contribution in [0.1, 0.15) is 12.8 Å². The highest BCUT2D eigenvalue weighted by molar-refractivity contribution is 7.91. The van der Waals surface area contributed by atoms with Crippen LogP contribution in [0.2, 0.25) is 5.02 Å². The average molecular weight is 339 g/mol. The zero-order chi connectivity index (χ0) is 15.0. The van der Waals surface area contributed by atoms with Gasteiger partial charge in [0.2, 0.25) is 10.0 Å². The fourth-order valence-corrected chi connectivity index (χ4v) is 5.35. The van der Waals surface area contributed by atoms with Gasteiger partial charge in [0.1, 0.15) is 14.7 Å². The number of halogens is 1. The molecular weight excluding hydrogens is 324 g/mol. The number of sulfonamides is 1. The van der Waals surface area contributed by atoms with Crippen LogP contribution >= 0.6 is 11.6 Å². The molecule has 0 aromatic heterocycles. The molecular formula is C11H15ClN2O4S2. The maximum Gasteiger partial charge on any atom is 0.242 e. The quantitative estimate of drug-likeness (QED) is 0.792. The Morgan fingerprint density at radius 3 is 2.45 bits per heavy atom. The number of rotatable bonds is 3. The molecule has 1 aliphatic rings. The summed E-state index contributed by atoms with van der Waals surface area (Å²) in [6.07, 6.45) is 0.531. The van der Waals surface area contributed by atoms with Crippen molar-refractivity contribution in [2.24, 2.45) is 0 Å². The van der Waals surface area contributed by atoms with E-state index in [9.17, 15) is 16.8 Å². The van der Waals surface area contributed by atoms with Gasteiger partial charge in [-0.25, -0.2) is 21.6 Å². The third-order valence-electron chi connectivity index (χ3n) is 3.12. The lowest BCUT2D eigenvalue weighted by Gasteiger charge is -2.23. The van der Waals surface area contributed by atoms with E-state index in [1.807, 2.05) is 0 Å². The second-order valence-corrected chi connectivity index (χ2v) is 9.13. The smallest absolute Gasteiger partial charge is 0.242 e. The summed E-state index contributed by atoms with van der Waals surface area (Å²) in [6, 6.07) is 3.80. The lowest BCUT2D eigenvalue weighted by molar-refractivity contribution is 0.505. The predicted molar refractivity (Wildman–Crippen MR) is 77.9 cm³/mol. The predicted octanol–water partition coefficient (Wildman–Crippen LogP) is 0.778. The van der Waals surface area contributed by atoms with E-state index in [2.05, 4.69) is 4.72 Å². The number of nitrogens with two attached hydrogens (primary N) is 1. The molecule has 1 aromatic rings. The molecule has 0 amide bonds. The number of hydrogen-bond acceptors (Lipinski definition) is 5. The molecule has 1 fully saturated rings. The van der Waals surface area contributed by atoms with Crippen LogP contribution in [0.15, 0.2) is 23.1 Å². The first-order chi connectivity index (χ1) is 9.20. The lowest BCUT2D eigenvalue weighted by atomic mass is 10.2. The van der Waals surface area contributed by atoms with Gasteiger partial charge in [0, 0.05) is 11.7 Å². The Balaban J connectivity index is 2.18. The van der Waals surface area contributed by atoms with Gasteiger partial charge >= 0.3 is 0 Å². The van der Waals surface area contributed by atoms with Crippen LogP contribution < -0.4 is 10.5 Å². The molecule has 3 N–H and O–H groups in total. The van der Waals surface area contributed by atoms with E-state index in [0.717, 1.165) is 0 Å². The molecule has 0 bridgehead atoms. The summed E-state index contributed by atoms with van der Waals surface area (Å²) < 4.78 is 49.6. The van der Waals surface area contributed by atoms with Gasteiger partial charge in [0.05, 0.1) is 16.5 Å². The van der Waals surface area contributed by atoms with Gasteiger partial charge in [-0.05, 0) is 31.0 Å². The van der Waals surface area contributed by atoms with Crippen molar-refractivity contribution in [2.75, 3.05) is 17.2 Å². The number of nitrogens with one attached hydrogen (secondary N) is 1. The SMILES string of the molecule is Nc1ccc(Cl)c(S(=O)(=O)NC2CCS(=O)(=O)CC2)c1. The minimum atomic E-state index is -3.81. The molecule has 1 heterocycles. The molecule has 0 saturated carbocycles. The maximum atomic E-state index is 12.2. The third kappa shape index (κ3) is 3.63. The maximum absolute atomic E-state index is 12.2. The fraction of sp³-hybridized carbons (Fsp3) is 0.455. The minimum Gasteiger partial charge on any atom is -0.399 e. The molecule has 0 radical (unpaired) electrons. The zero-order valence-corrected chi connectivity index (χ0v) is 12.9. The molecule has 0 spiro atoms. The van der Waals surface area contributed by atoms with E-state index in [1.165, 1.54) is 18.2 Å². The van der Waals surface area contributed by atoms with Gasteiger partial charge in [0.15, 0.2) is 0 Å². The van der Waals surface area contributed by atoms with E-state index in [1.54, 1.807) is 0 Å². The second kappa shape index (κ2) is 5.51. The largest absolute Gasteiger partial charge is 0.399 e. The van der Waals surface area contributed by atoms with Crippen LogP contribution in [0.25, 0.3) is 0 Å². The minimum absolute atomic E-state index is 0.00908. The Morgan fingerprint density at radius 1 is 1.25 bits per heavy atom. The summed E-state index contributed by atoms with van der Waals surface area (Å²) in [6.45, 7) is 0. The lowest BCUT2D eigenvalue weighted by Crippen LogP contribution is -2.40. The van der Waals surface area contributed by atoms with Gasteiger partial charge in [-0.3, -0.25) is 0 Å². The summed E-state index contributed by atoms with van der Waals surface area (Å²) in [4.78, 5) is -0.0902.